The topological polar surface area (TPSA) is 36.4 Å². The Kier molecular flexibility index (Phi) is 7.46. The molecule has 176 valence electrons. The molecule has 1 saturated carbocycles. The number of halogens is 3. The molecule has 33 heavy (non-hydrogen) atoms. The number of fused-ring (bicyclic) bond motifs is 2. The van der Waals surface area contributed by atoms with Crippen LogP contribution < -0.4 is 0 Å². The highest BCUT2D eigenvalue weighted by Gasteiger charge is 2.34. The molecule has 2 aliphatic carbocycles. The molecule has 1 atom stereocenters. The molecular weight excluding hydrogens is 566 g/mol. The van der Waals surface area contributed by atoms with Gasteiger partial charge in [-0.3, -0.25) is 14.7 Å². The zero-order valence-corrected chi connectivity index (χ0v) is 22.8. The van der Waals surface area contributed by atoms with Crippen LogP contribution in [0.3, 0.4) is 0 Å². The van der Waals surface area contributed by atoms with Gasteiger partial charge in [0.05, 0.1) is 16.8 Å². The average Bonchev–Trinajstić information content (AvgIpc) is 2.99. The first-order valence-corrected chi connectivity index (χ1v) is 14.1. The molecule has 7 heteroatoms. The van der Waals surface area contributed by atoms with E-state index in [2.05, 4.69) is 53.8 Å². The van der Waals surface area contributed by atoms with Gasteiger partial charge in [0.2, 0.25) is 5.91 Å². The third kappa shape index (κ3) is 5.05. The standard InChI is InChI=1S/C26H30Br2ClN3O/c27-19-15-18-6-7-20-21(8-9-22(29)24(20)28)26(25(18)30-16-19)32-12-10-31(11-13-32)23(33)14-17-4-2-1-3-5-17/h8-9,15-17,26H,1-7,10-14H2. The molecule has 1 amide bonds. The fourth-order valence-electron chi connectivity index (χ4n) is 5.83. The molecule has 1 aromatic carbocycles. The van der Waals surface area contributed by atoms with Crippen LogP contribution in [0, 0.1) is 5.92 Å². The van der Waals surface area contributed by atoms with Gasteiger partial charge in [-0.25, -0.2) is 0 Å². The molecule has 1 saturated heterocycles. The zero-order chi connectivity index (χ0) is 22.9. The molecule has 3 aliphatic rings. The summed E-state index contributed by atoms with van der Waals surface area (Å²) < 4.78 is 2.01. The summed E-state index contributed by atoms with van der Waals surface area (Å²) in [5, 5.41) is 0.755. The summed E-state index contributed by atoms with van der Waals surface area (Å²) in [6.45, 7) is 3.30. The van der Waals surface area contributed by atoms with Crippen molar-refractivity contribution < 1.29 is 4.79 Å². The van der Waals surface area contributed by atoms with E-state index in [-0.39, 0.29) is 6.04 Å². The number of hydrogen-bond acceptors (Lipinski definition) is 3. The minimum absolute atomic E-state index is 0.0785. The van der Waals surface area contributed by atoms with E-state index in [0.29, 0.717) is 11.8 Å². The normalized spacial score (nSPS) is 21.9. The Morgan fingerprint density at radius 1 is 1.06 bits per heavy atom. The summed E-state index contributed by atoms with van der Waals surface area (Å²) in [6.07, 6.45) is 10.9. The Morgan fingerprint density at radius 3 is 2.58 bits per heavy atom. The first-order chi connectivity index (χ1) is 16.0. The van der Waals surface area contributed by atoms with E-state index >= 15 is 0 Å². The molecule has 0 radical (unpaired) electrons. The van der Waals surface area contributed by atoms with Crippen LogP contribution in [-0.2, 0) is 17.6 Å². The van der Waals surface area contributed by atoms with Crippen LogP contribution in [0.1, 0.15) is 67.0 Å². The van der Waals surface area contributed by atoms with Gasteiger partial charge < -0.3 is 4.90 Å². The van der Waals surface area contributed by atoms with E-state index in [9.17, 15) is 4.79 Å². The predicted octanol–water partition coefficient (Wildman–Crippen LogP) is 6.56. The lowest BCUT2D eigenvalue weighted by Gasteiger charge is -2.40. The maximum atomic E-state index is 13.0. The third-order valence-electron chi connectivity index (χ3n) is 7.62. The van der Waals surface area contributed by atoms with Crippen LogP contribution in [0.25, 0.3) is 0 Å². The maximum Gasteiger partial charge on any atom is 0.222 e. The largest absolute Gasteiger partial charge is 0.340 e. The van der Waals surface area contributed by atoms with Crippen molar-refractivity contribution in [2.75, 3.05) is 26.2 Å². The lowest BCUT2D eigenvalue weighted by Crippen LogP contribution is -2.50. The van der Waals surface area contributed by atoms with Crippen LogP contribution in [-0.4, -0.2) is 46.9 Å². The second-order valence-corrected chi connectivity index (χ2v) is 11.8. The molecule has 5 rings (SSSR count). The van der Waals surface area contributed by atoms with Gasteiger partial charge in [0.1, 0.15) is 0 Å². The number of carbonyl (C=O) groups is 1. The van der Waals surface area contributed by atoms with E-state index in [1.807, 2.05) is 12.3 Å². The number of hydrogen-bond donors (Lipinski definition) is 0. The minimum Gasteiger partial charge on any atom is -0.340 e. The van der Waals surface area contributed by atoms with Gasteiger partial charge in [-0.05, 0) is 92.3 Å². The number of rotatable bonds is 3. The number of aryl methyl sites for hydroxylation is 1. The Morgan fingerprint density at radius 2 is 1.82 bits per heavy atom. The van der Waals surface area contributed by atoms with Crippen LogP contribution in [0.5, 0.6) is 0 Å². The molecule has 0 bridgehead atoms. The van der Waals surface area contributed by atoms with E-state index in [1.165, 1.54) is 48.8 Å². The molecule has 1 aromatic heterocycles. The Bertz CT molecular complexity index is 1030. The van der Waals surface area contributed by atoms with Gasteiger partial charge in [-0.15, -0.1) is 0 Å². The molecule has 0 spiro atoms. The molecular formula is C26H30Br2ClN3O. The lowest BCUT2D eigenvalue weighted by molar-refractivity contribution is -0.134. The summed E-state index contributed by atoms with van der Waals surface area (Å²) in [4.78, 5) is 22.5. The fraction of sp³-hybridized carbons (Fsp3) is 0.538. The van der Waals surface area contributed by atoms with Crippen molar-refractivity contribution >= 4 is 49.4 Å². The highest BCUT2D eigenvalue weighted by molar-refractivity contribution is 9.10. The molecule has 1 aliphatic heterocycles. The summed E-state index contributed by atoms with van der Waals surface area (Å²) in [6, 6.07) is 6.45. The van der Waals surface area contributed by atoms with Gasteiger partial charge in [0.25, 0.3) is 0 Å². The molecule has 2 aromatic rings. The zero-order valence-electron chi connectivity index (χ0n) is 18.8. The van der Waals surface area contributed by atoms with Crippen molar-refractivity contribution in [3.8, 4) is 0 Å². The van der Waals surface area contributed by atoms with Gasteiger partial charge in [0.15, 0.2) is 0 Å². The van der Waals surface area contributed by atoms with Crippen molar-refractivity contribution in [2.24, 2.45) is 5.92 Å². The second kappa shape index (κ2) is 10.3. The molecule has 2 heterocycles. The highest BCUT2D eigenvalue weighted by atomic mass is 79.9. The highest BCUT2D eigenvalue weighted by Crippen LogP contribution is 2.41. The number of piperazine rings is 1. The van der Waals surface area contributed by atoms with Crippen molar-refractivity contribution in [2.45, 2.75) is 57.4 Å². The first kappa shape index (κ1) is 23.8. The summed E-state index contributed by atoms with van der Waals surface area (Å²) in [5.74, 6) is 0.939. The Labute approximate surface area is 218 Å². The number of nitrogens with zero attached hydrogens (tertiary/aromatic N) is 3. The number of carbonyl (C=O) groups excluding carboxylic acids is 1. The molecule has 0 N–H and O–H groups in total. The summed E-state index contributed by atoms with van der Waals surface area (Å²) >= 11 is 13.8. The van der Waals surface area contributed by atoms with Crippen molar-refractivity contribution in [1.82, 2.24) is 14.8 Å². The SMILES string of the molecule is O=C(CC1CCCCC1)N1CCN(C2c3ccc(Cl)c(Br)c3CCc3cc(Br)cnc32)CC1. The monoisotopic (exact) mass is 593 g/mol. The summed E-state index contributed by atoms with van der Waals surface area (Å²) in [7, 11) is 0. The number of aromatic nitrogens is 1. The second-order valence-electron chi connectivity index (χ2n) is 9.65. The third-order valence-corrected chi connectivity index (χ3v) is 9.50. The van der Waals surface area contributed by atoms with Gasteiger partial charge in [-0.1, -0.05) is 36.9 Å². The van der Waals surface area contributed by atoms with E-state index in [1.54, 1.807) is 0 Å². The van der Waals surface area contributed by atoms with Gasteiger partial charge >= 0.3 is 0 Å². The van der Waals surface area contributed by atoms with E-state index in [4.69, 9.17) is 16.6 Å². The number of benzene rings is 1. The average molecular weight is 596 g/mol. The van der Waals surface area contributed by atoms with Gasteiger partial charge in [0, 0.05) is 47.7 Å². The number of amides is 1. The Hall–Kier alpha value is -0.950. The van der Waals surface area contributed by atoms with Crippen LogP contribution >= 0.6 is 43.5 Å². The fourth-order valence-corrected chi connectivity index (χ4v) is 6.94. The van der Waals surface area contributed by atoms with E-state index < -0.39 is 0 Å². The molecule has 2 fully saturated rings. The summed E-state index contributed by atoms with van der Waals surface area (Å²) in [5.41, 5.74) is 4.97. The van der Waals surface area contributed by atoms with Crippen molar-refractivity contribution in [3.63, 3.8) is 0 Å². The smallest absolute Gasteiger partial charge is 0.222 e. The predicted molar refractivity (Wildman–Crippen MR) is 140 cm³/mol. The van der Waals surface area contributed by atoms with Crippen LogP contribution in [0.2, 0.25) is 5.02 Å². The van der Waals surface area contributed by atoms with E-state index in [0.717, 1.165) is 65.1 Å². The first-order valence-electron chi connectivity index (χ1n) is 12.1. The van der Waals surface area contributed by atoms with Crippen LogP contribution in [0.4, 0.5) is 0 Å². The lowest BCUT2D eigenvalue weighted by atomic mass is 9.86. The molecule has 1 unspecified atom stereocenters. The van der Waals surface area contributed by atoms with Crippen LogP contribution in [0.15, 0.2) is 33.3 Å². The Balaban J connectivity index is 1.38. The van der Waals surface area contributed by atoms with Crippen molar-refractivity contribution in [1.29, 1.82) is 0 Å². The maximum absolute atomic E-state index is 13.0. The van der Waals surface area contributed by atoms with Gasteiger partial charge in [-0.2, -0.15) is 0 Å². The van der Waals surface area contributed by atoms with Crippen molar-refractivity contribution in [3.05, 3.63) is 60.7 Å². The molecule has 4 nitrogen and oxygen atoms in total. The quantitative estimate of drug-likeness (QED) is 0.403. The minimum atomic E-state index is 0.0785. The number of pyridine rings is 1.